The summed E-state index contributed by atoms with van der Waals surface area (Å²) in [6.07, 6.45) is -3.92. The highest BCUT2D eigenvalue weighted by molar-refractivity contribution is 7.92. The standard InChI is InChI=1S/C26H30N2O7S.C2HF3O2/c1-33-24-13-19(14-25-26(24)35-16-34-25)21(11-17-6-4-3-5-7-17)27-15-20(29)10-18-8-9-23(30)22(12-18)28-36(2,31)32;3-2(4,5)1(6)7/h3-9,12-14,20-21,27-30H,10-11,15-16H2,1-2H3;(H,6,7)/t20-,21?;/m0./s1. The maximum atomic E-state index is 11.6. The number of methoxy groups -OCH3 is 1. The summed E-state index contributed by atoms with van der Waals surface area (Å²) < 4.78 is 73.8. The number of halogens is 3. The lowest BCUT2D eigenvalue weighted by molar-refractivity contribution is -0.192. The van der Waals surface area contributed by atoms with Gasteiger partial charge in [-0.25, -0.2) is 13.2 Å². The minimum Gasteiger partial charge on any atom is -0.506 e. The second kappa shape index (κ2) is 14.3. The lowest BCUT2D eigenvalue weighted by atomic mass is 9.97. The number of alkyl halides is 3. The van der Waals surface area contributed by atoms with Crippen molar-refractivity contribution in [2.45, 2.75) is 31.2 Å². The van der Waals surface area contributed by atoms with Crippen LogP contribution in [0.25, 0.3) is 0 Å². The number of aromatic hydroxyl groups is 1. The maximum Gasteiger partial charge on any atom is 0.490 e. The predicted octanol–water partition coefficient (Wildman–Crippen LogP) is 3.61. The lowest BCUT2D eigenvalue weighted by Crippen LogP contribution is -2.32. The molecule has 11 nitrogen and oxygen atoms in total. The summed E-state index contributed by atoms with van der Waals surface area (Å²) in [5.41, 5.74) is 2.80. The van der Waals surface area contributed by atoms with Crippen molar-refractivity contribution >= 4 is 21.7 Å². The van der Waals surface area contributed by atoms with Gasteiger partial charge in [0.2, 0.25) is 22.6 Å². The van der Waals surface area contributed by atoms with Crippen LogP contribution in [0.3, 0.4) is 0 Å². The fourth-order valence-corrected chi connectivity index (χ4v) is 4.69. The van der Waals surface area contributed by atoms with E-state index in [0.29, 0.717) is 29.2 Å². The number of hydrogen-bond donors (Lipinski definition) is 5. The largest absolute Gasteiger partial charge is 0.506 e. The Morgan fingerprint density at radius 1 is 1.05 bits per heavy atom. The van der Waals surface area contributed by atoms with Crippen LogP contribution < -0.4 is 24.2 Å². The molecule has 0 saturated heterocycles. The van der Waals surface area contributed by atoms with E-state index in [9.17, 15) is 31.8 Å². The Balaban J connectivity index is 0.000000646. The number of anilines is 1. The van der Waals surface area contributed by atoms with Crippen LogP contribution in [0.15, 0.2) is 60.7 Å². The minimum atomic E-state index is -5.08. The van der Waals surface area contributed by atoms with Gasteiger partial charge in [-0.15, -0.1) is 0 Å². The highest BCUT2D eigenvalue weighted by Gasteiger charge is 2.38. The third kappa shape index (κ3) is 10.2. The minimum absolute atomic E-state index is 0.0737. The molecule has 3 aromatic carbocycles. The Hall–Kier alpha value is -4.21. The molecule has 1 heterocycles. The molecular weight excluding hydrogens is 597 g/mol. The molecule has 15 heteroatoms. The van der Waals surface area contributed by atoms with Gasteiger partial charge in [-0.1, -0.05) is 36.4 Å². The summed E-state index contributed by atoms with van der Waals surface area (Å²) in [4.78, 5) is 8.90. The zero-order chi connectivity index (χ0) is 31.8. The third-order valence-corrected chi connectivity index (χ3v) is 6.63. The van der Waals surface area contributed by atoms with Crippen LogP contribution in [-0.4, -0.2) is 68.7 Å². The molecule has 1 aliphatic rings. The average molecular weight is 629 g/mol. The topological polar surface area (TPSA) is 164 Å². The first-order valence-electron chi connectivity index (χ1n) is 12.7. The number of benzene rings is 3. The lowest BCUT2D eigenvalue weighted by Gasteiger charge is -2.23. The van der Waals surface area contributed by atoms with Gasteiger partial charge in [-0.2, -0.15) is 13.2 Å². The van der Waals surface area contributed by atoms with E-state index in [1.807, 2.05) is 42.5 Å². The summed E-state index contributed by atoms with van der Waals surface area (Å²) >= 11 is 0. The number of nitrogens with one attached hydrogen (secondary N) is 2. The Morgan fingerprint density at radius 3 is 2.33 bits per heavy atom. The molecule has 2 atom stereocenters. The van der Waals surface area contributed by atoms with Crippen LogP contribution in [0.1, 0.15) is 22.7 Å². The number of aliphatic hydroxyl groups is 1. The predicted molar refractivity (Wildman–Crippen MR) is 150 cm³/mol. The molecule has 5 N–H and O–H groups in total. The normalized spacial score (nSPS) is 13.8. The van der Waals surface area contributed by atoms with Crippen molar-refractivity contribution in [3.05, 3.63) is 77.4 Å². The number of carbonyl (C=O) groups is 1. The number of hydrogen-bond acceptors (Lipinski definition) is 9. The Labute approximate surface area is 245 Å². The van der Waals surface area contributed by atoms with Crippen LogP contribution in [0.4, 0.5) is 18.9 Å². The van der Waals surface area contributed by atoms with E-state index in [0.717, 1.165) is 17.4 Å². The van der Waals surface area contributed by atoms with Gasteiger partial charge < -0.3 is 34.8 Å². The number of fused-ring (bicyclic) bond motifs is 1. The average Bonchev–Trinajstić information content (AvgIpc) is 3.41. The highest BCUT2D eigenvalue weighted by Crippen LogP contribution is 2.43. The molecule has 0 saturated carbocycles. The van der Waals surface area contributed by atoms with Crippen molar-refractivity contribution in [1.29, 1.82) is 0 Å². The molecule has 0 aromatic heterocycles. The van der Waals surface area contributed by atoms with Gasteiger partial charge in [0.1, 0.15) is 5.75 Å². The molecule has 0 radical (unpaired) electrons. The Bertz CT molecular complexity index is 1500. The van der Waals surface area contributed by atoms with Gasteiger partial charge in [0.15, 0.2) is 11.5 Å². The summed E-state index contributed by atoms with van der Waals surface area (Å²) in [5.74, 6) is -1.18. The van der Waals surface area contributed by atoms with Gasteiger partial charge in [-0.05, 0) is 53.8 Å². The molecule has 0 fully saturated rings. The van der Waals surface area contributed by atoms with Crippen molar-refractivity contribution in [2.75, 3.05) is 31.4 Å². The summed E-state index contributed by atoms with van der Waals surface area (Å²) in [5, 5.41) is 31.3. The number of phenolic OH excluding ortho intramolecular Hbond substituents is 1. The first-order valence-corrected chi connectivity index (χ1v) is 14.6. The first-order chi connectivity index (χ1) is 20.2. The highest BCUT2D eigenvalue weighted by atomic mass is 32.2. The number of sulfonamides is 1. The molecule has 1 aliphatic heterocycles. The zero-order valence-corrected chi connectivity index (χ0v) is 23.9. The molecular formula is C28H31F3N2O9S. The molecule has 234 valence electrons. The number of aliphatic hydroxyl groups excluding tert-OH is 1. The van der Waals surface area contributed by atoms with Crippen molar-refractivity contribution in [1.82, 2.24) is 5.32 Å². The quantitative estimate of drug-likeness (QED) is 0.198. The number of ether oxygens (including phenoxy) is 3. The summed E-state index contributed by atoms with van der Waals surface area (Å²) in [6.45, 7) is 0.400. The van der Waals surface area contributed by atoms with Crippen LogP contribution >= 0.6 is 0 Å². The zero-order valence-electron chi connectivity index (χ0n) is 23.1. The van der Waals surface area contributed by atoms with Gasteiger partial charge in [0.05, 0.1) is 25.2 Å². The van der Waals surface area contributed by atoms with Crippen LogP contribution in [0.2, 0.25) is 0 Å². The maximum absolute atomic E-state index is 11.6. The number of carboxylic acid groups (broad SMARTS) is 1. The Kier molecular flexibility index (Phi) is 11.1. The van der Waals surface area contributed by atoms with Crippen molar-refractivity contribution < 1.29 is 55.9 Å². The van der Waals surface area contributed by atoms with E-state index in [1.165, 1.54) is 12.1 Å². The summed E-state index contributed by atoms with van der Waals surface area (Å²) in [7, 11) is -1.97. The van der Waals surface area contributed by atoms with E-state index >= 15 is 0 Å². The number of phenols is 1. The van der Waals surface area contributed by atoms with E-state index < -0.39 is 28.3 Å². The fourth-order valence-electron chi connectivity index (χ4n) is 4.12. The molecule has 4 rings (SSSR count). The van der Waals surface area contributed by atoms with E-state index in [-0.39, 0.29) is 37.2 Å². The first kappa shape index (κ1) is 33.3. The van der Waals surface area contributed by atoms with Gasteiger partial charge in [0.25, 0.3) is 0 Å². The third-order valence-electron chi connectivity index (χ3n) is 6.04. The van der Waals surface area contributed by atoms with Crippen molar-refractivity contribution in [2.24, 2.45) is 0 Å². The molecule has 0 bridgehead atoms. The van der Waals surface area contributed by atoms with Gasteiger partial charge in [0, 0.05) is 12.6 Å². The van der Waals surface area contributed by atoms with Crippen LogP contribution in [0.5, 0.6) is 23.0 Å². The second-order valence-electron chi connectivity index (χ2n) is 9.49. The van der Waals surface area contributed by atoms with Crippen molar-refractivity contribution in [3.63, 3.8) is 0 Å². The van der Waals surface area contributed by atoms with E-state index in [1.54, 1.807) is 13.2 Å². The SMILES string of the molecule is COc1cc(C(Cc2ccccc2)NC[C@@H](O)Cc2ccc(O)c(NS(C)(=O)=O)c2)cc2c1OCO2.O=C(O)C(F)(F)F. The molecule has 3 aromatic rings. The fraction of sp³-hybridized carbons (Fsp3) is 0.321. The molecule has 0 spiro atoms. The monoisotopic (exact) mass is 628 g/mol. The van der Waals surface area contributed by atoms with Crippen LogP contribution in [0, 0.1) is 0 Å². The number of carboxylic acids is 1. The van der Waals surface area contributed by atoms with E-state index in [4.69, 9.17) is 24.1 Å². The molecule has 0 aliphatic carbocycles. The van der Waals surface area contributed by atoms with Crippen molar-refractivity contribution in [3.8, 4) is 23.0 Å². The number of rotatable bonds is 11. The molecule has 43 heavy (non-hydrogen) atoms. The molecule has 0 amide bonds. The van der Waals surface area contributed by atoms with Gasteiger partial charge >= 0.3 is 12.1 Å². The smallest absolute Gasteiger partial charge is 0.490 e. The van der Waals surface area contributed by atoms with Gasteiger partial charge in [-0.3, -0.25) is 4.72 Å². The summed E-state index contributed by atoms with van der Waals surface area (Å²) in [6, 6.07) is 18.2. The van der Waals surface area contributed by atoms with E-state index in [2.05, 4.69) is 10.0 Å². The molecule has 1 unspecified atom stereocenters. The van der Waals surface area contributed by atoms with Crippen LogP contribution in [-0.2, 0) is 27.7 Å². The number of aliphatic carboxylic acids is 1. The second-order valence-corrected chi connectivity index (χ2v) is 11.2. The Morgan fingerprint density at radius 2 is 1.72 bits per heavy atom.